The highest BCUT2D eigenvalue weighted by atomic mass is 14.4. The molecule has 0 nitrogen and oxygen atoms in total. The van der Waals surface area contributed by atoms with Gasteiger partial charge in [-0.3, -0.25) is 0 Å². The molecule has 2 aromatic rings. The molecule has 2 aromatic carbocycles. The zero-order chi connectivity index (χ0) is 25.2. The summed E-state index contributed by atoms with van der Waals surface area (Å²) in [7, 11) is 0. The third-order valence-corrected chi connectivity index (χ3v) is 9.10. The lowest BCUT2D eigenvalue weighted by Crippen LogP contribution is -2.26. The Morgan fingerprint density at radius 3 is 2.05 bits per heavy atom. The summed E-state index contributed by atoms with van der Waals surface area (Å²) in [4.78, 5) is 0. The van der Waals surface area contributed by atoms with Crippen molar-refractivity contribution in [2.24, 2.45) is 11.8 Å². The molecule has 188 valence electrons. The van der Waals surface area contributed by atoms with Gasteiger partial charge in [0.25, 0.3) is 0 Å². The molecule has 0 bridgehead atoms. The minimum atomic E-state index is 0.173. The standard InChI is InChI=1S/C22H26.C15H14/c1-22(2,21-13-7-11-16-10-6-12-20(16)21)19-14-17-8-4-3-5-9-18(17)15-19;1-2-6-12(5-1)11-14-9-3-7-13-8-4-10-15(13)14/h6-7,11-15,19H,3-5,8-10H2,1-2H3;1-7,9-10,12H,8,11H2. The minimum Gasteiger partial charge on any atom is -0.0795 e. The normalized spacial score (nSPS) is 19.7. The summed E-state index contributed by atoms with van der Waals surface area (Å²) in [5.41, 5.74) is 12.4. The van der Waals surface area contributed by atoms with Gasteiger partial charge < -0.3 is 0 Å². The van der Waals surface area contributed by atoms with Gasteiger partial charge in [-0.05, 0) is 95.4 Å². The van der Waals surface area contributed by atoms with E-state index in [1.165, 1.54) is 65.5 Å². The Balaban J connectivity index is 0.000000146. The topological polar surface area (TPSA) is 0 Å². The van der Waals surface area contributed by atoms with E-state index in [-0.39, 0.29) is 5.41 Å². The minimum absolute atomic E-state index is 0.173. The summed E-state index contributed by atoms with van der Waals surface area (Å²) in [6.07, 6.45) is 33.3. The maximum Gasteiger partial charge on any atom is 0.00503 e. The van der Waals surface area contributed by atoms with Crippen LogP contribution in [-0.2, 0) is 24.7 Å². The van der Waals surface area contributed by atoms with E-state index in [1.54, 1.807) is 11.1 Å². The first-order chi connectivity index (χ1) is 18.1. The summed E-state index contributed by atoms with van der Waals surface area (Å²) in [6, 6.07) is 13.6. The predicted molar refractivity (Wildman–Crippen MR) is 160 cm³/mol. The van der Waals surface area contributed by atoms with Crippen molar-refractivity contribution in [1.29, 1.82) is 0 Å². The molecular formula is C37H40. The first-order valence-electron chi connectivity index (χ1n) is 14.4. The molecule has 0 aliphatic heterocycles. The largest absolute Gasteiger partial charge is 0.0795 e. The van der Waals surface area contributed by atoms with Crippen molar-refractivity contribution in [2.75, 3.05) is 0 Å². The smallest absolute Gasteiger partial charge is 0.00503 e. The molecule has 0 saturated heterocycles. The number of fused-ring (bicyclic) bond motifs is 3. The molecule has 0 aromatic heterocycles. The Kier molecular flexibility index (Phi) is 6.76. The Hall–Kier alpha value is -3.12. The van der Waals surface area contributed by atoms with E-state index in [0.29, 0.717) is 11.8 Å². The first-order valence-corrected chi connectivity index (χ1v) is 14.4. The fourth-order valence-electron chi connectivity index (χ4n) is 6.85. The number of allylic oxidation sites excluding steroid dienone is 10. The summed E-state index contributed by atoms with van der Waals surface area (Å²) in [5, 5.41) is 0. The van der Waals surface area contributed by atoms with Gasteiger partial charge in [0.1, 0.15) is 0 Å². The Labute approximate surface area is 223 Å². The molecule has 1 fully saturated rings. The highest BCUT2D eigenvalue weighted by Gasteiger charge is 2.34. The van der Waals surface area contributed by atoms with E-state index in [1.807, 2.05) is 0 Å². The fourth-order valence-corrected chi connectivity index (χ4v) is 6.85. The van der Waals surface area contributed by atoms with E-state index in [4.69, 9.17) is 0 Å². The van der Waals surface area contributed by atoms with Crippen molar-refractivity contribution >= 4 is 12.2 Å². The van der Waals surface area contributed by atoms with E-state index < -0.39 is 0 Å². The van der Waals surface area contributed by atoms with Crippen LogP contribution in [0.25, 0.3) is 12.2 Å². The van der Waals surface area contributed by atoms with Gasteiger partial charge in [-0.1, -0.05) is 117 Å². The lowest BCUT2D eigenvalue weighted by Gasteiger charge is -2.32. The molecular weight excluding hydrogens is 444 g/mol. The third-order valence-electron chi connectivity index (χ3n) is 9.10. The van der Waals surface area contributed by atoms with Crippen LogP contribution in [-0.4, -0.2) is 0 Å². The lowest BCUT2D eigenvalue weighted by atomic mass is 9.71. The van der Waals surface area contributed by atoms with Crippen LogP contribution >= 0.6 is 0 Å². The second-order valence-corrected chi connectivity index (χ2v) is 11.9. The maximum atomic E-state index is 2.58. The Morgan fingerprint density at radius 2 is 1.35 bits per heavy atom. The van der Waals surface area contributed by atoms with Gasteiger partial charge in [-0.25, -0.2) is 0 Å². The molecule has 5 aliphatic rings. The molecule has 7 rings (SSSR count). The average molecular weight is 485 g/mol. The molecule has 1 saturated carbocycles. The quantitative estimate of drug-likeness (QED) is 0.405. The maximum absolute atomic E-state index is 2.58. The summed E-state index contributed by atoms with van der Waals surface area (Å²) in [6.45, 7) is 4.86. The summed E-state index contributed by atoms with van der Waals surface area (Å²) < 4.78 is 0. The molecule has 0 radical (unpaired) electrons. The zero-order valence-corrected chi connectivity index (χ0v) is 22.5. The predicted octanol–water partition coefficient (Wildman–Crippen LogP) is 9.52. The molecule has 0 spiro atoms. The summed E-state index contributed by atoms with van der Waals surface area (Å²) in [5.74, 6) is 1.15. The number of hydrogen-bond donors (Lipinski definition) is 0. The first kappa shape index (κ1) is 24.2. The van der Waals surface area contributed by atoms with E-state index in [2.05, 4.69) is 111 Å². The van der Waals surface area contributed by atoms with Crippen molar-refractivity contribution in [3.63, 3.8) is 0 Å². The van der Waals surface area contributed by atoms with Crippen LogP contribution in [0.1, 0.15) is 79.3 Å². The molecule has 0 atom stereocenters. The SMILES string of the molecule is C1=CC(Cc2cccc3c2C=CC3)C=C1.CC(C)(c1cccc2c1C=CC2)C1C=C2CCCCCC2=C1. The van der Waals surface area contributed by atoms with Gasteiger partial charge in [0, 0.05) is 11.3 Å². The van der Waals surface area contributed by atoms with Gasteiger partial charge in [-0.15, -0.1) is 0 Å². The van der Waals surface area contributed by atoms with Gasteiger partial charge >= 0.3 is 0 Å². The number of benzene rings is 2. The Morgan fingerprint density at radius 1 is 0.730 bits per heavy atom. The van der Waals surface area contributed by atoms with Crippen LogP contribution in [0.15, 0.2) is 96.2 Å². The molecule has 5 aliphatic carbocycles. The van der Waals surface area contributed by atoms with Crippen LogP contribution in [0.2, 0.25) is 0 Å². The van der Waals surface area contributed by atoms with Gasteiger partial charge in [-0.2, -0.15) is 0 Å². The lowest BCUT2D eigenvalue weighted by molar-refractivity contribution is 0.445. The van der Waals surface area contributed by atoms with Gasteiger partial charge in [0.15, 0.2) is 0 Å². The summed E-state index contributed by atoms with van der Waals surface area (Å²) >= 11 is 0. The highest BCUT2D eigenvalue weighted by molar-refractivity contribution is 5.65. The van der Waals surface area contributed by atoms with E-state index >= 15 is 0 Å². The van der Waals surface area contributed by atoms with E-state index in [9.17, 15) is 0 Å². The highest BCUT2D eigenvalue weighted by Crippen LogP contribution is 2.45. The molecule has 0 unspecified atom stereocenters. The van der Waals surface area contributed by atoms with Crippen molar-refractivity contribution in [2.45, 2.75) is 70.6 Å². The Bertz CT molecular complexity index is 1320. The van der Waals surface area contributed by atoms with E-state index in [0.717, 1.165) is 19.3 Å². The average Bonchev–Trinajstić information content (AvgIpc) is 3.71. The van der Waals surface area contributed by atoms with Gasteiger partial charge in [0.05, 0.1) is 0 Å². The second-order valence-electron chi connectivity index (χ2n) is 11.9. The number of rotatable bonds is 4. The fraction of sp³-hybridized carbons (Fsp3) is 0.351. The van der Waals surface area contributed by atoms with Crippen molar-refractivity contribution in [3.05, 3.63) is 130 Å². The van der Waals surface area contributed by atoms with Crippen molar-refractivity contribution in [1.82, 2.24) is 0 Å². The number of hydrogen-bond acceptors (Lipinski definition) is 0. The monoisotopic (exact) mass is 484 g/mol. The van der Waals surface area contributed by atoms with Crippen LogP contribution in [0.4, 0.5) is 0 Å². The molecule has 0 heteroatoms. The van der Waals surface area contributed by atoms with Gasteiger partial charge in [0.2, 0.25) is 0 Å². The third kappa shape index (κ3) is 4.91. The van der Waals surface area contributed by atoms with Crippen LogP contribution in [0.5, 0.6) is 0 Å². The molecule has 0 amide bonds. The molecule has 0 heterocycles. The van der Waals surface area contributed by atoms with Crippen molar-refractivity contribution in [3.8, 4) is 0 Å². The van der Waals surface area contributed by atoms with Crippen LogP contribution < -0.4 is 0 Å². The van der Waals surface area contributed by atoms with Crippen molar-refractivity contribution < 1.29 is 0 Å². The van der Waals surface area contributed by atoms with Crippen LogP contribution in [0.3, 0.4) is 0 Å². The molecule has 37 heavy (non-hydrogen) atoms. The van der Waals surface area contributed by atoms with Crippen LogP contribution in [0, 0.1) is 11.8 Å². The second kappa shape index (κ2) is 10.3. The molecule has 0 N–H and O–H groups in total. The zero-order valence-electron chi connectivity index (χ0n) is 22.5.